The first-order chi connectivity index (χ1) is 11.2. The van der Waals surface area contributed by atoms with E-state index in [0.717, 1.165) is 38.0 Å². The Bertz CT molecular complexity index is 673. The average molecular weight is 317 g/mol. The van der Waals surface area contributed by atoms with Gasteiger partial charge >= 0.3 is 0 Å². The summed E-state index contributed by atoms with van der Waals surface area (Å²) in [6.45, 7) is 4.58. The number of ether oxygens (including phenoxy) is 1. The predicted molar refractivity (Wildman–Crippen MR) is 81.1 cm³/mol. The summed E-state index contributed by atoms with van der Waals surface area (Å²) >= 11 is 0. The van der Waals surface area contributed by atoms with Crippen LogP contribution in [0.3, 0.4) is 0 Å². The molecule has 0 N–H and O–H groups in total. The smallest absolute Gasteiger partial charge is 0.255 e. The second-order valence-electron chi connectivity index (χ2n) is 6.49. The fourth-order valence-electron chi connectivity index (χ4n) is 3.59. The van der Waals surface area contributed by atoms with Crippen LogP contribution in [-0.4, -0.2) is 34.2 Å². The summed E-state index contributed by atoms with van der Waals surface area (Å²) in [5.41, 5.74) is 1.13. The summed E-state index contributed by atoms with van der Waals surface area (Å²) in [6, 6.07) is 6.73. The van der Waals surface area contributed by atoms with Crippen LogP contribution in [0.1, 0.15) is 36.2 Å². The summed E-state index contributed by atoms with van der Waals surface area (Å²) < 4.78 is 24.4. The molecule has 5 nitrogen and oxygen atoms in total. The van der Waals surface area contributed by atoms with E-state index >= 15 is 0 Å². The molecule has 0 saturated carbocycles. The lowest BCUT2D eigenvalue weighted by Crippen LogP contribution is -2.41. The SMILES string of the molecule is Cc1noc([C@H]2C[C@@H]3CCN(Cc4ccc(F)cc4)C[C@H]3O2)n1. The van der Waals surface area contributed by atoms with Gasteiger partial charge in [-0.15, -0.1) is 0 Å². The average Bonchev–Trinajstić information content (AvgIpc) is 3.15. The maximum absolute atomic E-state index is 13.0. The van der Waals surface area contributed by atoms with Gasteiger partial charge in [-0.05, 0) is 49.9 Å². The van der Waals surface area contributed by atoms with E-state index in [1.807, 2.05) is 19.1 Å². The molecule has 2 aliphatic rings. The molecule has 1 aromatic carbocycles. The van der Waals surface area contributed by atoms with Crippen molar-refractivity contribution in [3.05, 3.63) is 47.4 Å². The van der Waals surface area contributed by atoms with Crippen molar-refractivity contribution in [1.82, 2.24) is 15.0 Å². The zero-order valence-electron chi connectivity index (χ0n) is 13.1. The van der Waals surface area contributed by atoms with Gasteiger partial charge in [0.05, 0.1) is 6.10 Å². The summed E-state index contributed by atoms with van der Waals surface area (Å²) in [5.74, 6) is 1.61. The quantitative estimate of drug-likeness (QED) is 0.871. The number of benzene rings is 1. The van der Waals surface area contributed by atoms with E-state index in [1.54, 1.807) is 0 Å². The monoisotopic (exact) mass is 317 g/mol. The molecular formula is C17H20FN3O2. The third-order valence-electron chi connectivity index (χ3n) is 4.77. The number of hydrogen-bond donors (Lipinski definition) is 0. The van der Waals surface area contributed by atoms with Gasteiger partial charge in [-0.1, -0.05) is 17.3 Å². The normalized spacial score (nSPS) is 28.0. The lowest BCUT2D eigenvalue weighted by molar-refractivity contribution is -0.0189. The highest BCUT2D eigenvalue weighted by Gasteiger charge is 2.41. The Morgan fingerprint density at radius 3 is 2.87 bits per heavy atom. The molecular weight excluding hydrogens is 297 g/mol. The van der Waals surface area contributed by atoms with Crippen molar-refractivity contribution in [1.29, 1.82) is 0 Å². The highest BCUT2D eigenvalue weighted by molar-refractivity contribution is 5.16. The van der Waals surface area contributed by atoms with Gasteiger partial charge in [-0.2, -0.15) is 4.98 Å². The molecule has 2 fully saturated rings. The number of piperidine rings is 1. The summed E-state index contributed by atoms with van der Waals surface area (Å²) in [4.78, 5) is 6.66. The van der Waals surface area contributed by atoms with Crippen LogP contribution in [-0.2, 0) is 11.3 Å². The van der Waals surface area contributed by atoms with Gasteiger partial charge in [0.25, 0.3) is 5.89 Å². The van der Waals surface area contributed by atoms with Crippen LogP contribution in [0.15, 0.2) is 28.8 Å². The highest BCUT2D eigenvalue weighted by atomic mass is 19.1. The molecule has 6 heteroatoms. The Hall–Kier alpha value is -1.79. The number of hydrogen-bond acceptors (Lipinski definition) is 5. The van der Waals surface area contributed by atoms with Crippen molar-refractivity contribution in [3.8, 4) is 0 Å². The topological polar surface area (TPSA) is 51.4 Å². The number of aromatic nitrogens is 2. The second-order valence-corrected chi connectivity index (χ2v) is 6.49. The molecule has 0 amide bonds. The third-order valence-corrected chi connectivity index (χ3v) is 4.77. The minimum atomic E-state index is -0.190. The van der Waals surface area contributed by atoms with Crippen LogP contribution in [0.4, 0.5) is 4.39 Å². The van der Waals surface area contributed by atoms with Crippen LogP contribution < -0.4 is 0 Å². The van der Waals surface area contributed by atoms with Gasteiger partial charge in [0.2, 0.25) is 0 Å². The molecule has 2 aromatic rings. The standard InChI is InChI=1S/C17H20FN3O2/c1-11-19-17(23-20-11)15-8-13-6-7-21(10-16(13)22-15)9-12-2-4-14(18)5-3-12/h2-5,13,15-16H,6-10H2,1H3/t13-,15+,16+/m0/s1. The Kier molecular flexibility index (Phi) is 3.87. The summed E-state index contributed by atoms with van der Waals surface area (Å²) in [5, 5.41) is 3.85. The predicted octanol–water partition coefficient (Wildman–Crippen LogP) is 2.87. The first-order valence-corrected chi connectivity index (χ1v) is 8.10. The first-order valence-electron chi connectivity index (χ1n) is 8.10. The van der Waals surface area contributed by atoms with Gasteiger partial charge < -0.3 is 9.26 Å². The Morgan fingerprint density at radius 1 is 1.30 bits per heavy atom. The first kappa shape index (κ1) is 14.8. The lowest BCUT2D eigenvalue weighted by Gasteiger charge is -2.34. The molecule has 0 aliphatic carbocycles. The minimum Gasteiger partial charge on any atom is -0.364 e. The van der Waals surface area contributed by atoms with Crippen molar-refractivity contribution < 1.29 is 13.7 Å². The third kappa shape index (κ3) is 3.14. The largest absolute Gasteiger partial charge is 0.364 e. The molecule has 122 valence electrons. The van der Waals surface area contributed by atoms with E-state index < -0.39 is 0 Å². The van der Waals surface area contributed by atoms with E-state index in [2.05, 4.69) is 15.0 Å². The van der Waals surface area contributed by atoms with Crippen molar-refractivity contribution in [2.24, 2.45) is 5.92 Å². The van der Waals surface area contributed by atoms with Gasteiger partial charge in [0, 0.05) is 13.1 Å². The summed E-state index contributed by atoms with van der Waals surface area (Å²) in [6.07, 6.45) is 2.20. The molecule has 0 radical (unpaired) electrons. The molecule has 0 unspecified atom stereocenters. The maximum Gasteiger partial charge on any atom is 0.255 e. The van der Waals surface area contributed by atoms with Crippen LogP contribution in [0, 0.1) is 18.7 Å². The maximum atomic E-state index is 13.0. The van der Waals surface area contributed by atoms with Crippen molar-refractivity contribution in [3.63, 3.8) is 0 Å². The molecule has 1 aromatic heterocycles. The van der Waals surface area contributed by atoms with E-state index in [0.29, 0.717) is 17.6 Å². The zero-order chi connectivity index (χ0) is 15.8. The molecule has 4 rings (SSSR count). The van der Waals surface area contributed by atoms with Crippen molar-refractivity contribution >= 4 is 0 Å². The zero-order valence-corrected chi connectivity index (χ0v) is 13.1. The fraction of sp³-hybridized carbons (Fsp3) is 0.529. The number of rotatable bonds is 3. The fourth-order valence-corrected chi connectivity index (χ4v) is 3.59. The second kappa shape index (κ2) is 6.02. The Morgan fingerprint density at radius 2 is 2.13 bits per heavy atom. The molecule has 0 spiro atoms. The van der Waals surface area contributed by atoms with Gasteiger partial charge in [0.1, 0.15) is 11.9 Å². The Labute approximate surface area is 134 Å². The van der Waals surface area contributed by atoms with E-state index in [1.165, 1.54) is 12.1 Å². The van der Waals surface area contributed by atoms with Gasteiger partial charge in [-0.3, -0.25) is 4.90 Å². The van der Waals surface area contributed by atoms with Gasteiger partial charge in [0.15, 0.2) is 5.82 Å². The van der Waals surface area contributed by atoms with Crippen LogP contribution in [0.5, 0.6) is 0 Å². The molecule has 2 aliphatic heterocycles. The molecule has 2 saturated heterocycles. The van der Waals surface area contributed by atoms with Crippen molar-refractivity contribution in [2.75, 3.05) is 13.1 Å². The van der Waals surface area contributed by atoms with E-state index in [-0.39, 0.29) is 18.0 Å². The van der Waals surface area contributed by atoms with Crippen LogP contribution in [0.25, 0.3) is 0 Å². The molecule has 23 heavy (non-hydrogen) atoms. The Balaban J connectivity index is 1.38. The highest BCUT2D eigenvalue weighted by Crippen LogP contribution is 2.40. The number of halogens is 1. The molecule has 0 bridgehead atoms. The van der Waals surface area contributed by atoms with E-state index in [9.17, 15) is 4.39 Å². The van der Waals surface area contributed by atoms with Crippen LogP contribution in [0.2, 0.25) is 0 Å². The number of fused-ring (bicyclic) bond motifs is 1. The lowest BCUT2D eigenvalue weighted by atomic mass is 9.91. The molecule has 3 atom stereocenters. The van der Waals surface area contributed by atoms with Crippen molar-refractivity contribution in [2.45, 2.75) is 38.5 Å². The number of likely N-dealkylation sites (tertiary alicyclic amines) is 1. The van der Waals surface area contributed by atoms with Crippen LogP contribution >= 0.6 is 0 Å². The van der Waals surface area contributed by atoms with E-state index in [4.69, 9.17) is 9.26 Å². The molecule has 3 heterocycles. The minimum absolute atomic E-state index is 0.0722. The number of aryl methyl sites for hydroxylation is 1. The van der Waals surface area contributed by atoms with Gasteiger partial charge in [-0.25, -0.2) is 4.39 Å². The number of nitrogens with zero attached hydrogens (tertiary/aromatic N) is 3. The summed E-state index contributed by atoms with van der Waals surface area (Å²) in [7, 11) is 0.